The first-order chi connectivity index (χ1) is 50.8. The number of carbonyl (C=O) groups is 4. The topological polar surface area (TPSA) is 237 Å². The molecule has 0 bridgehead atoms. The van der Waals surface area contributed by atoms with E-state index in [-0.39, 0.29) is 25.7 Å². The van der Waals surface area contributed by atoms with E-state index in [4.69, 9.17) is 37.0 Å². The summed E-state index contributed by atoms with van der Waals surface area (Å²) in [4.78, 5) is 73.3. The molecule has 0 rings (SSSR count). The van der Waals surface area contributed by atoms with Crippen LogP contribution in [0.2, 0.25) is 0 Å². The lowest BCUT2D eigenvalue weighted by Gasteiger charge is -2.21. The number of carbonyl (C=O) groups excluding carboxylic acids is 4. The maximum atomic E-state index is 13.1. The lowest BCUT2D eigenvalue weighted by atomic mass is 9.99. The Bertz CT molecular complexity index is 2030. The van der Waals surface area contributed by atoms with Crippen LogP contribution in [-0.4, -0.2) is 96.7 Å². The number of esters is 4. The highest BCUT2D eigenvalue weighted by Crippen LogP contribution is 2.45. The average molecular weight is 1540 g/mol. The maximum Gasteiger partial charge on any atom is 0.472 e. The first-order valence-electron chi connectivity index (χ1n) is 44.4. The Balaban J connectivity index is 5.25. The van der Waals surface area contributed by atoms with Crippen LogP contribution in [-0.2, 0) is 65.4 Å². The Labute approximate surface area is 645 Å². The van der Waals surface area contributed by atoms with Gasteiger partial charge in [-0.2, -0.15) is 0 Å². The Morgan fingerprint density at radius 1 is 0.276 bits per heavy atom. The van der Waals surface area contributed by atoms with E-state index < -0.39 is 97.5 Å². The van der Waals surface area contributed by atoms with Crippen LogP contribution in [0.25, 0.3) is 0 Å². The highest BCUT2D eigenvalue weighted by atomic mass is 31.2. The van der Waals surface area contributed by atoms with Crippen LogP contribution in [0.1, 0.15) is 453 Å². The SMILES string of the molecule is CCCCCCCCCCCCCCCCCCC(=O)O[C@H](COC(=O)CCCCCCCCCCC(C)CC)COP(=O)(O)OC[C@H](O)COP(=O)(O)OC[C@@H](COC(=O)CCCCCCCCCCCCCCCC(C)C)OC(=O)CCCCCCCCCCCCCCCCCCCCC(C)C. The van der Waals surface area contributed by atoms with Crippen LogP contribution in [0, 0.1) is 17.8 Å². The molecule has 0 saturated carbocycles. The first kappa shape index (κ1) is 103. The van der Waals surface area contributed by atoms with Crippen LogP contribution in [0.4, 0.5) is 0 Å². The predicted molar refractivity (Wildman–Crippen MR) is 432 cm³/mol. The molecule has 0 amide bonds. The Kier molecular flexibility index (Phi) is 74.7. The van der Waals surface area contributed by atoms with Crippen molar-refractivity contribution in [2.75, 3.05) is 39.6 Å². The summed E-state index contributed by atoms with van der Waals surface area (Å²) in [6.45, 7) is 12.0. The number of aliphatic hydroxyl groups is 1. The van der Waals surface area contributed by atoms with Gasteiger partial charge in [0, 0.05) is 25.7 Å². The molecule has 105 heavy (non-hydrogen) atoms. The number of rotatable bonds is 84. The third-order valence-corrected chi connectivity index (χ3v) is 22.4. The van der Waals surface area contributed by atoms with Crippen molar-refractivity contribution in [1.29, 1.82) is 0 Å². The third-order valence-electron chi connectivity index (χ3n) is 20.5. The number of phosphoric ester groups is 2. The number of phosphoric acid groups is 2. The lowest BCUT2D eigenvalue weighted by Crippen LogP contribution is -2.30. The maximum absolute atomic E-state index is 13.1. The van der Waals surface area contributed by atoms with Crippen molar-refractivity contribution in [2.24, 2.45) is 17.8 Å². The van der Waals surface area contributed by atoms with Gasteiger partial charge in [-0.3, -0.25) is 37.3 Å². The Morgan fingerprint density at radius 3 is 0.724 bits per heavy atom. The zero-order valence-electron chi connectivity index (χ0n) is 69.2. The van der Waals surface area contributed by atoms with Crippen LogP contribution >= 0.6 is 15.6 Å². The summed E-state index contributed by atoms with van der Waals surface area (Å²) in [6, 6.07) is 0. The van der Waals surface area contributed by atoms with Crippen LogP contribution in [0.15, 0.2) is 0 Å². The fourth-order valence-electron chi connectivity index (χ4n) is 13.3. The molecule has 0 aliphatic carbocycles. The van der Waals surface area contributed by atoms with Crippen LogP contribution in [0.3, 0.4) is 0 Å². The van der Waals surface area contributed by atoms with Crippen LogP contribution < -0.4 is 0 Å². The number of hydrogen-bond acceptors (Lipinski definition) is 15. The summed E-state index contributed by atoms with van der Waals surface area (Å²) in [7, 11) is -9.93. The summed E-state index contributed by atoms with van der Waals surface area (Å²) >= 11 is 0. The second-order valence-electron chi connectivity index (χ2n) is 32.1. The van der Waals surface area contributed by atoms with Gasteiger partial charge in [-0.25, -0.2) is 9.13 Å². The number of ether oxygens (including phenoxy) is 4. The minimum Gasteiger partial charge on any atom is -0.462 e. The zero-order chi connectivity index (χ0) is 77.2. The van der Waals surface area contributed by atoms with Gasteiger partial charge in [-0.15, -0.1) is 0 Å². The molecule has 0 spiro atoms. The summed E-state index contributed by atoms with van der Waals surface area (Å²) in [5, 5.41) is 10.7. The first-order valence-corrected chi connectivity index (χ1v) is 47.4. The van der Waals surface area contributed by atoms with Crippen molar-refractivity contribution < 1.29 is 80.2 Å². The fourth-order valence-corrected chi connectivity index (χ4v) is 14.9. The molecule has 0 aliphatic heterocycles. The van der Waals surface area contributed by atoms with E-state index in [0.717, 1.165) is 108 Å². The standard InChI is InChI=1S/C86H168O17P2/c1-8-10-11-12-13-14-15-16-17-23-28-34-39-48-55-62-69-86(91)103-82(74-97-84(89)68-61-54-47-42-41-45-52-59-66-79(7)9-2)76-101-105(94,95)99-72-80(87)71-98-104(92,93)100-75-81(73-96-83(88)67-60-53-46-38-33-30-25-27-32-37-44-51-58-65-78(5)6)102-85(90)70-63-56-49-40-35-29-24-21-19-18-20-22-26-31-36-43-50-57-64-77(3)4/h77-82,87H,8-76H2,1-7H3,(H,92,93)(H,94,95)/t79?,80-,81-,82-/m1/s1. The highest BCUT2D eigenvalue weighted by Gasteiger charge is 2.30. The molecule has 19 heteroatoms. The number of aliphatic hydroxyl groups excluding tert-OH is 1. The van der Waals surface area contributed by atoms with Crippen molar-refractivity contribution in [2.45, 2.75) is 471 Å². The van der Waals surface area contributed by atoms with E-state index in [1.165, 1.54) is 263 Å². The zero-order valence-corrected chi connectivity index (χ0v) is 71.0. The summed E-state index contributed by atoms with van der Waals surface area (Å²) in [5.41, 5.74) is 0. The average Bonchev–Trinajstić information content (AvgIpc) is 0.910. The molecule has 3 N–H and O–H groups in total. The number of unbranched alkanes of at least 4 members (excludes halogenated alkanes) is 51. The quantitative estimate of drug-likeness (QED) is 0.0222. The molecule has 3 unspecified atom stereocenters. The largest absolute Gasteiger partial charge is 0.472 e. The smallest absolute Gasteiger partial charge is 0.462 e. The highest BCUT2D eigenvalue weighted by molar-refractivity contribution is 7.47. The van der Waals surface area contributed by atoms with Crippen molar-refractivity contribution in [3.63, 3.8) is 0 Å². The van der Waals surface area contributed by atoms with E-state index >= 15 is 0 Å². The van der Waals surface area contributed by atoms with Crippen LogP contribution in [0.5, 0.6) is 0 Å². The van der Waals surface area contributed by atoms with E-state index in [1.807, 2.05) is 0 Å². The molecule has 624 valence electrons. The molecular weight excluding hydrogens is 1370 g/mol. The van der Waals surface area contributed by atoms with Crippen molar-refractivity contribution in [1.82, 2.24) is 0 Å². The molecule has 0 saturated heterocycles. The number of hydrogen-bond donors (Lipinski definition) is 3. The molecule has 0 aromatic carbocycles. The van der Waals surface area contributed by atoms with Gasteiger partial charge in [0.25, 0.3) is 0 Å². The van der Waals surface area contributed by atoms with Gasteiger partial charge in [0.15, 0.2) is 12.2 Å². The summed E-state index contributed by atoms with van der Waals surface area (Å²) < 4.78 is 68.9. The van der Waals surface area contributed by atoms with E-state index in [2.05, 4.69) is 48.5 Å². The second-order valence-corrected chi connectivity index (χ2v) is 35.0. The van der Waals surface area contributed by atoms with E-state index in [1.54, 1.807) is 0 Å². The van der Waals surface area contributed by atoms with Gasteiger partial charge in [0.2, 0.25) is 0 Å². The third kappa shape index (κ3) is 78.5. The molecule has 0 radical (unpaired) electrons. The Morgan fingerprint density at radius 2 is 0.486 bits per heavy atom. The van der Waals surface area contributed by atoms with Crippen molar-refractivity contribution >= 4 is 39.5 Å². The van der Waals surface area contributed by atoms with Gasteiger partial charge >= 0.3 is 39.5 Å². The summed E-state index contributed by atoms with van der Waals surface area (Å²) in [5.74, 6) is 0.286. The minimum absolute atomic E-state index is 0.108. The molecule has 6 atom stereocenters. The molecule has 17 nitrogen and oxygen atoms in total. The van der Waals surface area contributed by atoms with Gasteiger partial charge < -0.3 is 33.8 Å². The normalized spacial score (nSPS) is 14.1. The molecule has 0 aromatic rings. The van der Waals surface area contributed by atoms with Gasteiger partial charge in [0.05, 0.1) is 26.4 Å². The molecule has 0 aliphatic rings. The minimum atomic E-state index is -4.97. The second kappa shape index (κ2) is 76.1. The summed E-state index contributed by atoms with van der Waals surface area (Å²) in [6.07, 6.45) is 66.5. The monoisotopic (exact) mass is 1540 g/mol. The van der Waals surface area contributed by atoms with E-state index in [0.29, 0.717) is 25.7 Å². The van der Waals surface area contributed by atoms with Gasteiger partial charge in [-0.1, -0.05) is 402 Å². The Hall–Kier alpha value is -1.94. The van der Waals surface area contributed by atoms with E-state index in [9.17, 15) is 43.2 Å². The molecule has 0 aromatic heterocycles. The van der Waals surface area contributed by atoms with Gasteiger partial charge in [0.1, 0.15) is 19.3 Å². The lowest BCUT2D eigenvalue weighted by molar-refractivity contribution is -0.161. The van der Waals surface area contributed by atoms with Gasteiger partial charge in [-0.05, 0) is 43.4 Å². The predicted octanol–water partition coefficient (Wildman–Crippen LogP) is 26.1. The molecule has 0 heterocycles. The van der Waals surface area contributed by atoms with Crippen molar-refractivity contribution in [3.8, 4) is 0 Å². The van der Waals surface area contributed by atoms with Crippen molar-refractivity contribution in [3.05, 3.63) is 0 Å². The fraction of sp³-hybridized carbons (Fsp3) is 0.953. The molecule has 0 fully saturated rings. The molecular formula is C86H168O17P2.